The van der Waals surface area contributed by atoms with Gasteiger partial charge in [0, 0.05) is 30.1 Å². The third kappa shape index (κ3) is 2.74. The van der Waals surface area contributed by atoms with E-state index in [-0.39, 0.29) is 5.82 Å². The molecule has 0 amide bonds. The summed E-state index contributed by atoms with van der Waals surface area (Å²) in [6, 6.07) is 9.35. The molecule has 10 heteroatoms. The fourth-order valence-corrected chi connectivity index (χ4v) is 3.98. The van der Waals surface area contributed by atoms with Gasteiger partial charge in [0.25, 0.3) is 0 Å². The van der Waals surface area contributed by atoms with Crippen molar-refractivity contribution >= 4 is 23.2 Å². The number of nitrogens with zero attached hydrogens (tertiary/aromatic N) is 7. The molecule has 1 fully saturated rings. The van der Waals surface area contributed by atoms with Gasteiger partial charge in [-0.25, -0.2) is 0 Å². The summed E-state index contributed by atoms with van der Waals surface area (Å²) in [5.41, 5.74) is 1.44. The monoisotopic (exact) mass is 379 g/mol. The first-order chi connectivity index (χ1) is 13.2. The fraction of sp³-hybridized carbons (Fsp3) is 0.176. The molecule has 4 heterocycles. The molecule has 4 aromatic heterocycles. The van der Waals surface area contributed by atoms with Crippen LogP contribution in [0.4, 0.5) is 5.82 Å². The van der Waals surface area contributed by atoms with Crippen LogP contribution in [0.2, 0.25) is 0 Å². The Morgan fingerprint density at radius 2 is 1.96 bits per heavy atom. The van der Waals surface area contributed by atoms with Crippen LogP contribution >= 0.6 is 11.8 Å². The minimum absolute atomic E-state index is 0.0635. The molecule has 0 spiro atoms. The highest BCUT2D eigenvalue weighted by atomic mass is 32.2. The maximum absolute atomic E-state index is 11.6. The van der Waals surface area contributed by atoms with Crippen molar-refractivity contribution in [1.29, 1.82) is 0 Å². The molecule has 134 valence electrons. The van der Waals surface area contributed by atoms with E-state index in [0.29, 0.717) is 21.9 Å². The van der Waals surface area contributed by atoms with Gasteiger partial charge in [0.1, 0.15) is 0 Å². The first kappa shape index (κ1) is 15.9. The summed E-state index contributed by atoms with van der Waals surface area (Å²) in [5.74, 6) is 0.681. The highest BCUT2D eigenvalue weighted by Crippen LogP contribution is 2.43. The topological polar surface area (TPSA) is 104 Å². The average molecular weight is 379 g/mol. The number of imidazole rings is 1. The van der Waals surface area contributed by atoms with Crippen LogP contribution < -0.4 is 0 Å². The minimum Gasteiger partial charge on any atom is -0.358 e. The van der Waals surface area contributed by atoms with Gasteiger partial charge in [-0.2, -0.15) is 9.38 Å². The summed E-state index contributed by atoms with van der Waals surface area (Å²) < 4.78 is 3.53. The zero-order valence-corrected chi connectivity index (χ0v) is 14.8. The van der Waals surface area contributed by atoms with E-state index in [4.69, 9.17) is 0 Å². The second-order valence-corrected chi connectivity index (χ2v) is 7.13. The van der Waals surface area contributed by atoms with E-state index in [0.717, 1.165) is 24.2 Å². The summed E-state index contributed by atoms with van der Waals surface area (Å²) >= 11 is 1.18. The van der Waals surface area contributed by atoms with Crippen LogP contribution in [0.5, 0.6) is 0 Å². The second kappa shape index (κ2) is 6.16. The summed E-state index contributed by atoms with van der Waals surface area (Å²) in [6.45, 7) is 0. The van der Waals surface area contributed by atoms with Crippen LogP contribution in [0, 0.1) is 10.1 Å². The highest BCUT2D eigenvalue weighted by Gasteiger charge is 2.32. The van der Waals surface area contributed by atoms with Gasteiger partial charge in [0.2, 0.25) is 10.7 Å². The maximum Gasteiger partial charge on any atom is 0.362 e. The molecule has 0 saturated heterocycles. The summed E-state index contributed by atoms with van der Waals surface area (Å²) in [7, 11) is 0. The minimum atomic E-state index is -0.413. The Morgan fingerprint density at radius 3 is 2.70 bits per heavy atom. The van der Waals surface area contributed by atoms with Gasteiger partial charge in [0.15, 0.2) is 11.0 Å². The van der Waals surface area contributed by atoms with Crippen LogP contribution in [-0.4, -0.2) is 34.1 Å². The average Bonchev–Trinajstić information content (AvgIpc) is 3.32. The van der Waals surface area contributed by atoms with E-state index in [1.807, 2.05) is 16.7 Å². The molecule has 0 atom stereocenters. The lowest BCUT2D eigenvalue weighted by atomic mass is 10.2. The summed E-state index contributed by atoms with van der Waals surface area (Å²) in [6.07, 6.45) is 7.13. The zero-order valence-electron chi connectivity index (χ0n) is 14.0. The Hall–Kier alpha value is -3.27. The van der Waals surface area contributed by atoms with Crippen molar-refractivity contribution in [2.75, 3.05) is 0 Å². The number of hydrogen-bond donors (Lipinski definition) is 0. The van der Waals surface area contributed by atoms with E-state index < -0.39 is 4.92 Å². The Labute approximate surface area is 157 Å². The third-order valence-corrected chi connectivity index (χ3v) is 5.28. The van der Waals surface area contributed by atoms with E-state index in [9.17, 15) is 10.1 Å². The predicted molar refractivity (Wildman–Crippen MR) is 97.5 cm³/mol. The Balaban J connectivity index is 1.61. The lowest BCUT2D eigenvalue weighted by molar-refractivity contribution is -0.393. The molecule has 1 aliphatic rings. The van der Waals surface area contributed by atoms with E-state index in [1.54, 1.807) is 36.8 Å². The van der Waals surface area contributed by atoms with Crippen LogP contribution in [-0.2, 0) is 0 Å². The largest absolute Gasteiger partial charge is 0.362 e. The molecule has 0 unspecified atom stereocenters. The molecular formula is C17H13N7O2S. The van der Waals surface area contributed by atoms with E-state index in [2.05, 4.69) is 20.2 Å². The van der Waals surface area contributed by atoms with Gasteiger partial charge in [0.05, 0.1) is 6.20 Å². The van der Waals surface area contributed by atoms with Crippen molar-refractivity contribution < 1.29 is 4.92 Å². The Bertz CT molecular complexity index is 1150. The lowest BCUT2D eigenvalue weighted by Gasteiger charge is -2.07. The van der Waals surface area contributed by atoms with Crippen molar-refractivity contribution in [3.05, 3.63) is 59.0 Å². The normalized spacial score (nSPS) is 13.9. The van der Waals surface area contributed by atoms with Crippen molar-refractivity contribution in [1.82, 2.24) is 29.1 Å². The smallest absolute Gasteiger partial charge is 0.358 e. The van der Waals surface area contributed by atoms with Gasteiger partial charge >= 0.3 is 5.82 Å². The number of aromatic nitrogens is 6. The first-order valence-corrected chi connectivity index (χ1v) is 9.18. The Morgan fingerprint density at radius 1 is 1.15 bits per heavy atom. The van der Waals surface area contributed by atoms with Crippen LogP contribution in [0.25, 0.3) is 17.0 Å². The Kier molecular flexibility index (Phi) is 3.64. The van der Waals surface area contributed by atoms with Gasteiger partial charge < -0.3 is 10.1 Å². The number of fused-ring (bicyclic) bond motifs is 1. The first-order valence-electron chi connectivity index (χ1n) is 8.37. The van der Waals surface area contributed by atoms with Gasteiger partial charge in [-0.3, -0.25) is 9.55 Å². The van der Waals surface area contributed by atoms with Gasteiger partial charge in [-0.15, -0.1) is 10.2 Å². The molecule has 1 aliphatic carbocycles. The maximum atomic E-state index is 11.6. The molecule has 27 heavy (non-hydrogen) atoms. The van der Waals surface area contributed by atoms with Crippen LogP contribution in [0.1, 0.15) is 18.9 Å². The van der Waals surface area contributed by atoms with E-state index >= 15 is 0 Å². The van der Waals surface area contributed by atoms with Crippen molar-refractivity contribution in [3.8, 4) is 11.4 Å². The van der Waals surface area contributed by atoms with E-state index in [1.165, 1.54) is 16.2 Å². The summed E-state index contributed by atoms with van der Waals surface area (Å²) in [5, 5.41) is 21.2. The third-order valence-electron chi connectivity index (χ3n) is 4.35. The molecule has 0 aliphatic heterocycles. The molecule has 0 radical (unpaired) electrons. The summed E-state index contributed by atoms with van der Waals surface area (Å²) in [4.78, 5) is 19.7. The van der Waals surface area contributed by atoms with Crippen molar-refractivity contribution in [2.45, 2.75) is 29.1 Å². The number of nitro groups is 1. The lowest BCUT2D eigenvalue weighted by Crippen LogP contribution is -2.00. The molecule has 5 rings (SSSR count). The fourth-order valence-electron chi connectivity index (χ4n) is 2.99. The highest BCUT2D eigenvalue weighted by molar-refractivity contribution is 7.99. The van der Waals surface area contributed by atoms with Crippen molar-refractivity contribution in [2.24, 2.45) is 0 Å². The van der Waals surface area contributed by atoms with Crippen LogP contribution in [0.15, 0.2) is 59.1 Å². The standard InChI is InChI=1S/C17H13N7O2S/c25-24(26)16-15(19-13-3-1-2-10-22(13)16)27-17-21-20-14(23(17)12-4-5-12)11-6-8-18-9-7-11/h1-3,6-10,12H,4-5H2. The predicted octanol–water partition coefficient (Wildman–Crippen LogP) is 3.38. The quantitative estimate of drug-likeness (QED) is 0.387. The second-order valence-electron chi connectivity index (χ2n) is 6.17. The molecule has 0 aromatic carbocycles. The van der Waals surface area contributed by atoms with Gasteiger partial charge in [-0.1, -0.05) is 6.07 Å². The number of hydrogen-bond acceptors (Lipinski definition) is 7. The molecule has 0 bridgehead atoms. The molecule has 4 aromatic rings. The van der Waals surface area contributed by atoms with Crippen LogP contribution in [0.3, 0.4) is 0 Å². The SMILES string of the molecule is O=[N+]([O-])c1c(Sc2nnc(-c3ccncc3)n2C2CC2)nc2ccccn12. The van der Waals surface area contributed by atoms with Crippen molar-refractivity contribution in [3.63, 3.8) is 0 Å². The molecule has 1 saturated carbocycles. The zero-order chi connectivity index (χ0) is 18.4. The number of pyridine rings is 2. The molecule has 0 N–H and O–H groups in total. The van der Waals surface area contributed by atoms with Gasteiger partial charge in [-0.05, 0) is 47.7 Å². The molecular weight excluding hydrogens is 366 g/mol. The molecule has 9 nitrogen and oxygen atoms in total. The number of rotatable bonds is 5.